The van der Waals surface area contributed by atoms with Crippen molar-refractivity contribution < 1.29 is 23.4 Å². The van der Waals surface area contributed by atoms with Gasteiger partial charge in [-0.25, -0.2) is 9.18 Å². The lowest BCUT2D eigenvalue weighted by atomic mass is 10.0. The molecule has 1 amide bonds. The standard InChI is InChI=1S/C19H22FNO4/c1-14(25-19(22)21-12-15-8-4-3-5-9-15)18(24-13-23-2)16-10-6-7-11-17(16)20/h3-11,14,18H,12-13H2,1-2H3,(H,21,22). The van der Waals surface area contributed by atoms with Crippen molar-refractivity contribution in [3.63, 3.8) is 0 Å². The van der Waals surface area contributed by atoms with Crippen molar-refractivity contribution in [3.05, 3.63) is 71.5 Å². The molecule has 0 aliphatic carbocycles. The number of alkyl carbamates (subject to hydrolysis) is 1. The maximum atomic E-state index is 14.1. The van der Waals surface area contributed by atoms with Gasteiger partial charge in [0.1, 0.15) is 24.8 Å². The molecule has 2 atom stereocenters. The number of amides is 1. The molecule has 0 aliphatic heterocycles. The third-order valence-corrected chi connectivity index (χ3v) is 3.58. The Labute approximate surface area is 146 Å². The highest BCUT2D eigenvalue weighted by Crippen LogP contribution is 2.26. The summed E-state index contributed by atoms with van der Waals surface area (Å²) >= 11 is 0. The summed E-state index contributed by atoms with van der Waals surface area (Å²) in [6.07, 6.45) is -2.08. The molecule has 2 aromatic carbocycles. The van der Waals surface area contributed by atoms with Gasteiger partial charge >= 0.3 is 6.09 Å². The van der Waals surface area contributed by atoms with Crippen LogP contribution in [0.15, 0.2) is 54.6 Å². The molecule has 0 saturated carbocycles. The van der Waals surface area contributed by atoms with Gasteiger partial charge < -0.3 is 19.5 Å². The number of carbonyl (C=O) groups is 1. The topological polar surface area (TPSA) is 56.8 Å². The molecule has 2 unspecified atom stereocenters. The third-order valence-electron chi connectivity index (χ3n) is 3.58. The normalized spacial score (nSPS) is 13.1. The minimum Gasteiger partial charge on any atom is -0.443 e. The van der Waals surface area contributed by atoms with Crippen LogP contribution in [-0.2, 0) is 20.8 Å². The summed E-state index contributed by atoms with van der Waals surface area (Å²) in [4.78, 5) is 12.0. The second-order valence-electron chi connectivity index (χ2n) is 5.46. The van der Waals surface area contributed by atoms with Crippen LogP contribution in [0.3, 0.4) is 0 Å². The second-order valence-corrected chi connectivity index (χ2v) is 5.46. The van der Waals surface area contributed by atoms with Crippen molar-refractivity contribution >= 4 is 6.09 Å². The highest BCUT2D eigenvalue weighted by Gasteiger charge is 2.26. The molecule has 0 aliphatic rings. The zero-order valence-corrected chi connectivity index (χ0v) is 14.3. The smallest absolute Gasteiger partial charge is 0.407 e. The molecule has 2 aromatic rings. The summed E-state index contributed by atoms with van der Waals surface area (Å²) in [6, 6.07) is 15.7. The van der Waals surface area contributed by atoms with E-state index in [4.69, 9.17) is 14.2 Å². The number of ether oxygens (including phenoxy) is 3. The van der Waals surface area contributed by atoms with Crippen LogP contribution >= 0.6 is 0 Å². The molecule has 0 saturated heterocycles. The number of nitrogens with one attached hydrogen (secondary N) is 1. The van der Waals surface area contributed by atoms with Gasteiger partial charge in [0.25, 0.3) is 0 Å². The van der Waals surface area contributed by atoms with Crippen LogP contribution < -0.4 is 5.32 Å². The van der Waals surface area contributed by atoms with Gasteiger partial charge in [0.05, 0.1) is 0 Å². The second kappa shape index (κ2) is 9.76. The van der Waals surface area contributed by atoms with E-state index in [1.54, 1.807) is 25.1 Å². The molecule has 0 radical (unpaired) electrons. The number of benzene rings is 2. The van der Waals surface area contributed by atoms with Crippen molar-refractivity contribution in [2.45, 2.75) is 25.7 Å². The number of methoxy groups -OCH3 is 1. The van der Waals surface area contributed by atoms with Gasteiger partial charge in [-0.1, -0.05) is 48.5 Å². The molecule has 0 aromatic heterocycles. The molecule has 0 fully saturated rings. The Balaban J connectivity index is 1.97. The van der Waals surface area contributed by atoms with Crippen molar-refractivity contribution in [1.29, 1.82) is 0 Å². The molecule has 0 bridgehead atoms. The van der Waals surface area contributed by atoms with Crippen LogP contribution in [0.1, 0.15) is 24.2 Å². The Morgan fingerprint density at radius 3 is 2.48 bits per heavy atom. The first-order chi connectivity index (χ1) is 12.1. The maximum absolute atomic E-state index is 14.1. The minimum absolute atomic E-state index is 0.0433. The summed E-state index contributed by atoms with van der Waals surface area (Å²) in [6.45, 7) is 1.95. The van der Waals surface area contributed by atoms with Gasteiger partial charge in [0.2, 0.25) is 0 Å². The van der Waals surface area contributed by atoms with E-state index >= 15 is 0 Å². The van der Waals surface area contributed by atoms with Crippen LogP contribution in [0.4, 0.5) is 9.18 Å². The lowest BCUT2D eigenvalue weighted by Crippen LogP contribution is -2.32. The van der Waals surface area contributed by atoms with Crippen LogP contribution in [0.25, 0.3) is 0 Å². The number of hydrogen-bond acceptors (Lipinski definition) is 4. The van der Waals surface area contributed by atoms with E-state index in [0.717, 1.165) is 5.56 Å². The van der Waals surface area contributed by atoms with Gasteiger partial charge in [-0.3, -0.25) is 0 Å². The van der Waals surface area contributed by atoms with E-state index < -0.39 is 24.1 Å². The van der Waals surface area contributed by atoms with Gasteiger partial charge in [0.15, 0.2) is 0 Å². The van der Waals surface area contributed by atoms with Crippen LogP contribution in [0.5, 0.6) is 0 Å². The largest absolute Gasteiger partial charge is 0.443 e. The fourth-order valence-electron chi connectivity index (χ4n) is 2.37. The van der Waals surface area contributed by atoms with Crippen molar-refractivity contribution in [2.75, 3.05) is 13.9 Å². The van der Waals surface area contributed by atoms with Gasteiger partial charge in [-0.05, 0) is 18.6 Å². The quantitative estimate of drug-likeness (QED) is 0.738. The van der Waals surface area contributed by atoms with Crippen LogP contribution in [-0.4, -0.2) is 26.1 Å². The third kappa shape index (κ3) is 5.85. The van der Waals surface area contributed by atoms with Gasteiger partial charge in [-0.2, -0.15) is 0 Å². The maximum Gasteiger partial charge on any atom is 0.407 e. The summed E-state index contributed by atoms with van der Waals surface area (Å²) < 4.78 is 29.8. The van der Waals surface area contributed by atoms with Crippen LogP contribution in [0.2, 0.25) is 0 Å². The fourth-order valence-corrected chi connectivity index (χ4v) is 2.37. The predicted molar refractivity (Wildman–Crippen MR) is 91.3 cm³/mol. The lowest BCUT2D eigenvalue weighted by molar-refractivity contribution is -0.113. The minimum atomic E-state index is -0.774. The Morgan fingerprint density at radius 2 is 1.80 bits per heavy atom. The average molecular weight is 347 g/mol. The van der Waals surface area contributed by atoms with E-state index in [1.807, 2.05) is 30.3 Å². The Hall–Kier alpha value is -2.44. The SMILES string of the molecule is COCOC(c1ccccc1F)C(C)OC(=O)NCc1ccccc1. The summed E-state index contributed by atoms with van der Waals surface area (Å²) in [5.74, 6) is -0.427. The Bertz CT molecular complexity index is 665. The first kappa shape index (κ1) is 18.9. The molecule has 25 heavy (non-hydrogen) atoms. The van der Waals surface area contributed by atoms with Crippen molar-refractivity contribution in [1.82, 2.24) is 5.32 Å². The summed E-state index contributed by atoms with van der Waals surface area (Å²) in [7, 11) is 1.47. The molecule has 2 rings (SSSR count). The van der Waals surface area contributed by atoms with E-state index in [9.17, 15) is 9.18 Å². The summed E-state index contributed by atoms with van der Waals surface area (Å²) in [5.41, 5.74) is 1.26. The first-order valence-electron chi connectivity index (χ1n) is 7.95. The molecule has 0 heterocycles. The van der Waals surface area contributed by atoms with E-state index in [1.165, 1.54) is 13.2 Å². The average Bonchev–Trinajstić information content (AvgIpc) is 2.62. The number of hydrogen-bond donors (Lipinski definition) is 1. The summed E-state index contributed by atoms with van der Waals surface area (Å²) in [5, 5.41) is 2.67. The molecule has 6 heteroatoms. The first-order valence-corrected chi connectivity index (χ1v) is 7.95. The molecule has 0 spiro atoms. The van der Waals surface area contributed by atoms with E-state index in [0.29, 0.717) is 12.1 Å². The number of halogens is 1. The van der Waals surface area contributed by atoms with Crippen molar-refractivity contribution in [3.8, 4) is 0 Å². The monoisotopic (exact) mass is 347 g/mol. The van der Waals surface area contributed by atoms with E-state index in [2.05, 4.69) is 5.32 Å². The molecule has 134 valence electrons. The van der Waals surface area contributed by atoms with Gasteiger partial charge in [-0.15, -0.1) is 0 Å². The van der Waals surface area contributed by atoms with Crippen molar-refractivity contribution in [2.24, 2.45) is 0 Å². The zero-order chi connectivity index (χ0) is 18.1. The predicted octanol–water partition coefficient (Wildman–Crippen LogP) is 3.80. The zero-order valence-electron chi connectivity index (χ0n) is 14.3. The van der Waals surface area contributed by atoms with E-state index in [-0.39, 0.29) is 6.79 Å². The molecular weight excluding hydrogens is 325 g/mol. The highest BCUT2D eigenvalue weighted by atomic mass is 19.1. The highest BCUT2D eigenvalue weighted by molar-refractivity contribution is 5.67. The fraction of sp³-hybridized carbons (Fsp3) is 0.316. The number of carbonyl (C=O) groups excluding carboxylic acids is 1. The molecule has 1 N–H and O–H groups in total. The lowest BCUT2D eigenvalue weighted by Gasteiger charge is -2.25. The van der Waals surface area contributed by atoms with Crippen LogP contribution in [0, 0.1) is 5.82 Å². The number of rotatable bonds is 8. The van der Waals surface area contributed by atoms with Gasteiger partial charge in [0, 0.05) is 19.2 Å². The Morgan fingerprint density at radius 1 is 1.12 bits per heavy atom. The molecule has 5 nitrogen and oxygen atoms in total. The molecular formula is C19H22FNO4. The Kier molecular flexibility index (Phi) is 7.37.